The average Bonchev–Trinajstić information content (AvgIpc) is 3.13. The maximum atomic E-state index is 13.0. The second kappa shape index (κ2) is 9.44. The highest BCUT2D eigenvalue weighted by Crippen LogP contribution is 2.21. The summed E-state index contributed by atoms with van der Waals surface area (Å²) in [5, 5.41) is 16.9. The van der Waals surface area contributed by atoms with Gasteiger partial charge >= 0.3 is 11.4 Å². The number of aromatic nitrogens is 3. The topological polar surface area (TPSA) is 102 Å². The van der Waals surface area contributed by atoms with Crippen molar-refractivity contribution in [3.05, 3.63) is 110 Å². The number of rotatable bonds is 7. The summed E-state index contributed by atoms with van der Waals surface area (Å²) in [7, 11) is 0. The molecule has 8 nitrogen and oxygen atoms in total. The molecule has 0 spiro atoms. The van der Waals surface area contributed by atoms with Gasteiger partial charge in [0.1, 0.15) is 18.0 Å². The quantitative estimate of drug-likeness (QED) is 0.336. The monoisotopic (exact) mass is 444 g/mol. The van der Waals surface area contributed by atoms with E-state index in [0.29, 0.717) is 18.0 Å². The van der Waals surface area contributed by atoms with Crippen LogP contribution in [0.25, 0.3) is 11.4 Å². The predicted molar refractivity (Wildman–Crippen MR) is 126 cm³/mol. The number of H-pyrrole nitrogens is 1. The van der Waals surface area contributed by atoms with Crippen LogP contribution in [0.15, 0.2) is 87.5 Å². The molecule has 0 fully saturated rings. The molecule has 0 saturated heterocycles. The number of hydrogen-bond acceptors (Lipinski definition) is 5. The van der Waals surface area contributed by atoms with Crippen LogP contribution in [-0.2, 0) is 17.9 Å². The molecule has 8 heteroatoms. The van der Waals surface area contributed by atoms with Crippen molar-refractivity contribution in [1.82, 2.24) is 14.3 Å². The minimum Gasteiger partial charge on any atom is -0.506 e. The Labute approximate surface area is 190 Å². The molecule has 1 aromatic heterocycles. The second-order valence-corrected chi connectivity index (χ2v) is 7.53. The van der Waals surface area contributed by atoms with Crippen molar-refractivity contribution in [2.45, 2.75) is 26.9 Å². The molecule has 3 aromatic carbocycles. The van der Waals surface area contributed by atoms with E-state index in [2.05, 4.69) is 10.3 Å². The van der Waals surface area contributed by atoms with Crippen LogP contribution in [0, 0.1) is 0 Å². The number of aryl methyl sites for hydroxylation is 1. The minimum atomic E-state index is -0.606. The first-order chi connectivity index (χ1) is 16.0. The van der Waals surface area contributed by atoms with Crippen LogP contribution in [0.2, 0.25) is 0 Å². The Morgan fingerprint density at radius 3 is 2.42 bits per heavy atom. The van der Waals surface area contributed by atoms with E-state index >= 15 is 0 Å². The first kappa shape index (κ1) is 21.9. The standard InChI is InChI=1S/C25H24N4O4/c1-3-18-9-14-23(30)22(15-18)29-25(32)28(24(31)26-29)21-12-10-20(11-13-21)17(2)27-33-16-19-7-5-4-6-8-19/h4-15,30H,3,16H2,1-2H3,(H,26,31)/b27-17+. The third kappa shape index (κ3) is 4.64. The van der Waals surface area contributed by atoms with Crippen LogP contribution in [0.3, 0.4) is 0 Å². The zero-order chi connectivity index (χ0) is 23.4. The summed E-state index contributed by atoms with van der Waals surface area (Å²) in [4.78, 5) is 31.0. The normalized spacial score (nSPS) is 11.5. The Morgan fingerprint density at radius 2 is 1.73 bits per heavy atom. The summed E-state index contributed by atoms with van der Waals surface area (Å²) < 4.78 is 2.06. The van der Waals surface area contributed by atoms with Gasteiger partial charge in [-0.05, 0) is 54.3 Å². The van der Waals surface area contributed by atoms with Gasteiger partial charge in [0.05, 0.1) is 11.4 Å². The van der Waals surface area contributed by atoms with E-state index in [9.17, 15) is 14.7 Å². The Morgan fingerprint density at radius 1 is 1.00 bits per heavy atom. The maximum Gasteiger partial charge on any atom is 0.356 e. The first-order valence-electron chi connectivity index (χ1n) is 10.6. The number of nitrogens with one attached hydrogen (secondary N) is 1. The van der Waals surface area contributed by atoms with E-state index in [1.54, 1.807) is 36.4 Å². The fourth-order valence-corrected chi connectivity index (χ4v) is 3.42. The van der Waals surface area contributed by atoms with E-state index < -0.39 is 11.4 Å². The number of benzene rings is 3. The first-order valence-corrected chi connectivity index (χ1v) is 10.6. The van der Waals surface area contributed by atoms with Gasteiger partial charge in [0.15, 0.2) is 0 Å². The third-order valence-corrected chi connectivity index (χ3v) is 5.30. The number of nitrogens with zero attached hydrogens (tertiary/aromatic N) is 3. The Balaban J connectivity index is 1.58. The zero-order valence-corrected chi connectivity index (χ0v) is 18.4. The molecule has 0 aliphatic heterocycles. The smallest absolute Gasteiger partial charge is 0.356 e. The van der Waals surface area contributed by atoms with Gasteiger partial charge in [0, 0.05) is 0 Å². The molecular formula is C25H24N4O4. The average molecular weight is 444 g/mol. The van der Waals surface area contributed by atoms with Gasteiger partial charge in [-0.25, -0.2) is 19.3 Å². The fourth-order valence-electron chi connectivity index (χ4n) is 3.42. The molecule has 2 N–H and O–H groups in total. The Hall–Kier alpha value is -4.33. The van der Waals surface area contributed by atoms with Gasteiger partial charge in [-0.3, -0.25) is 0 Å². The summed E-state index contributed by atoms with van der Waals surface area (Å²) in [5.41, 5.74) is 2.82. The van der Waals surface area contributed by atoms with Crippen molar-refractivity contribution in [2.75, 3.05) is 0 Å². The van der Waals surface area contributed by atoms with Crippen molar-refractivity contribution in [3.63, 3.8) is 0 Å². The van der Waals surface area contributed by atoms with Crippen LogP contribution in [0.5, 0.6) is 5.75 Å². The number of aromatic hydroxyl groups is 1. The van der Waals surface area contributed by atoms with Crippen LogP contribution in [0.4, 0.5) is 0 Å². The van der Waals surface area contributed by atoms with Crippen LogP contribution < -0.4 is 11.4 Å². The molecule has 0 aliphatic carbocycles. The number of oxime groups is 1. The minimum absolute atomic E-state index is 0.0969. The number of phenols is 1. The molecule has 4 aromatic rings. The molecule has 0 radical (unpaired) electrons. The third-order valence-electron chi connectivity index (χ3n) is 5.30. The SMILES string of the molecule is CCc1ccc(O)c(-n2[nH]c(=O)n(-c3ccc(/C(C)=N/OCc4ccccc4)cc3)c2=O)c1. The summed E-state index contributed by atoms with van der Waals surface area (Å²) in [6, 6.07) is 21.5. The van der Waals surface area contributed by atoms with Gasteiger partial charge in [-0.2, -0.15) is 4.68 Å². The van der Waals surface area contributed by atoms with Gasteiger partial charge < -0.3 is 9.94 Å². The van der Waals surface area contributed by atoms with Crippen molar-refractivity contribution in [3.8, 4) is 17.1 Å². The van der Waals surface area contributed by atoms with Crippen molar-refractivity contribution in [1.29, 1.82) is 0 Å². The molecule has 168 valence electrons. The maximum absolute atomic E-state index is 13.0. The van der Waals surface area contributed by atoms with E-state index in [1.807, 2.05) is 44.2 Å². The molecular weight excluding hydrogens is 420 g/mol. The highest BCUT2D eigenvalue weighted by Gasteiger charge is 2.15. The molecule has 0 unspecified atom stereocenters. The fraction of sp³-hybridized carbons (Fsp3) is 0.160. The van der Waals surface area contributed by atoms with Crippen molar-refractivity contribution < 1.29 is 9.94 Å². The predicted octanol–water partition coefficient (Wildman–Crippen LogP) is 3.53. The number of phenolic OH excluding ortho intramolecular Hbond substituents is 1. The summed E-state index contributed by atoms with van der Waals surface area (Å²) in [6.07, 6.45) is 0.727. The molecule has 1 heterocycles. The van der Waals surface area contributed by atoms with Gasteiger partial charge in [-0.1, -0.05) is 60.6 Å². The lowest BCUT2D eigenvalue weighted by Gasteiger charge is -2.06. The number of hydrogen-bond donors (Lipinski definition) is 2. The molecule has 0 aliphatic rings. The molecule has 0 atom stereocenters. The highest BCUT2D eigenvalue weighted by molar-refractivity contribution is 5.98. The molecule has 0 amide bonds. The second-order valence-electron chi connectivity index (χ2n) is 7.53. The van der Waals surface area contributed by atoms with Crippen LogP contribution >= 0.6 is 0 Å². The van der Waals surface area contributed by atoms with E-state index in [1.165, 1.54) is 6.07 Å². The van der Waals surface area contributed by atoms with Crippen molar-refractivity contribution in [2.24, 2.45) is 5.16 Å². The van der Waals surface area contributed by atoms with E-state index in [-0.39, 0.29) is 11.4 Å². The molecule has 0 bridgehead atoms. The lowest BCUT2D eigenvalue weighted by atomic mass is 10.1. The van der Waals surface area contributed by atoms with Gasteiger partial charge in [0.2, 0.25) is 0 Å². The highest BCUT2D eigenvalue weighted by atomic mass is 16.6. The largest absolute Gasteiger partial charge is 0.506 e. The van der Waals surface area contributed by atoms with Crippen molar-refractivity contribution >= 4 is 5.71 Å². The van der Waals surface area contributed by atoms with E-state index in [0.717, 1.165) is 32.4 Å². The van der Waals surface area contributed by atoms with E-state index in [4.69, 9.17) is 4.84 Å². The zero-order valence-electron chi connectivity index (χ0n) is 18.4. The van der Waals surface area contributed by atoms with Crippen LogP contribution in [0.1, 0.15) is 30.5 Å². The number of aromatic amines is 1. The Bertz CT molecular complexity index is 1400. The van der Waals surface area contributed by atoms with Gasteiger partial charge in [0.25, 0.3) is 0 Å². The lowest BCUT2D eigenvalue weighted by Crippen LogP contribution is -2.26. The van der Waals surface area contributed by atoms with Gasteiger partial charge in [-0.15, -0.1) is 0 Å². The lowest BCUT2D eigenvalue weighted by molar-refractivity contribution is 0.130. The molecule has 33 heavy (non-hydrogen) atoms. The summed E-state index contributed by atoms with van der Waals surface area (Å²) in [6.45, 7) is 4.14. The Kier molecular flexibility index (Phi) is 6.26. The van der Waals surface area contributed by atoms with Crippen LogP contribution in [-0.4, -0.2) is 25.2 Å². The summed E-state index contributed by atoms with van der Waals surface area (Å²) >= 11 is 0. The molecule has 0 saturated carbocycles. The summed E-state index contributed by atoms with van der Waals surface area (Å²) in [5.74, 6) is -0.0969. The molecule has 4 rings (SSSR count).